The lowest BCUT2D eigenvalue weighted by Gasteiger charge is -2.19. The van der Waals surface area contributed by atoms with Crippen molar-refractivity contribution in [2.45, 2.75) is 26.3 Å². The number of ether oxygens (including phenoxy) is 2. The number of esters is 1. The summed E-state index contributed by atoms with van der Waals surface area (Å²) in [6.45, 7) is 3.54. The lowest BCUT2D eigenvalue weighted by Crippen LogP contribution is -2.35. The van der Waals surface area contributed by atoms with E-state index in [9.17, 15) is 14.4 Å². The number of nitrogens with one attached hydrogen (secondary N) is 1. The Bertz CT molecular complexity index is 1120. The fourth-order valence-electron chi connectivity index (χ4n) is 3.25. The van der Waals surface area contributed by atoms with E-state index >= 15 is 0 Å². The quantitative estimate of drug-likeness (QED) is 0.357. The molecule has 3 aromatic rings. The molecule has 0 aliphatic carbocycles. The van der Waals surface area contributed by atoms with Crippen LogP contribution in [0.5, 0.6) is 5.75 Å². The van der Waals surface area contributed by atoms with Crippen LogP contribution in [0.2, 0.25) is 0 Å². The molecule has 1 N–H and O–H groups in total. The van der Waals surface area contributed by atoms with Crippen LogP contribution in [-0.4, -0.2) is 37.3 Å². The molecule has 6 heteroatoms. The highest BCUT2D eigenvalue weighted by atomic mass is 16.5. The zero-order valence-electron chi connectivity index (χ0n) is 19.0. The van der Waals surface area contributed by atoms with Gasteiger partial charge in [-0.05, 0) is 61.4 Å². The summed E-state index contributed by atoms with van der Waals surface area (Å²) in [5.74, 6) is -0.583. The number of ketones is 2. The molecule has 0 spiro atoms. The van der Waals surface area contributed by atoms with Crippen molar-refractivity contribution in [2.24, 2.45) is 0 Å². The first-order valence-corrected chi connectivity index (χ1v) is 10.6. The minimum atomic E-state index is -0.941. The van der Waals surface area contributed by atoms with Crippen LogP contribution in [0, 0.1) is 13.8 Å². The number of anilines is 1. The van der Waals surface area contributed by atoms with E-state index in [1.807, 2.05) is 38.1 Å². The minimum Gasteiger partial charge on any atom is -0.497 e. The number of carbonyl (C=O) groups is 3. The van der Waals surface area contributed by atoms with Crippen LogP contribution in [-0.2, 0) is 9.53 Å². The van der Waals surface area contributed by atoms with Gasteiger partial charge in [0.15, 0.2) is 18.2 Å². The molecule has 33 heavy (non-hydrogen) atoms. The van der Waals surface area contributed by atoms with Crippen LogP contribution in [0.1, 0.15) is 38.3 Å². The first kappa shape index (κ1) is 23.7. The van der Waals surface area contributed by atoms with Crippen molar-refractivity contribution in [3.05, 3.63) is 95.1 Å². The van der Waals surface area contributed by atoms with Gasteiger partial charge in [0, 0.05) is 23.2 Å². The average molecular weight is 446 g/mol. The highest BCUT2D eigenvalue weighted by Gasteiger charge is 2.25. The van der Waals surface area contributed by atoms with E-state index in [-0.39, 0.29) is 18.0 Å². The van der Waals surface area contributed by atoms with Crippen molar-refractivity contribution in [2.75, 3.05) is 19.0 Å². The number of hydrogen-bond donors (Lipinski definition) is 1. The zero-order valence-corrected chi connectivity index (χ0v) is 19.0. The Labute approximate surface area is 193 Å². The Kier molecular flexibility index (Phi) is 7.97. The van der Waals surface area contributed by atoms with Crippen LogP contribution in [0.25, 0.3) is 0 Å². The van der Waals surface area contributed by atoms with Crippen LogP contribution < -0.4 is 10.1 Å². The maximum Gasteiger partial charge on any atom is 0.329 e. The van der Waals surface area contributed by atoms with Crippen molar-refractivity contribution < 1.29 is 23.9 Å². The molecular formula is C27H27NO5. The Balaban J connectivity index is 1.72. The first-order chi connectivity index (χ1) is 15.9. The van der Waals surface area contributed by atoms with Gasteiger partial charge in [0.2, 0.25) is 0 Å². The predicted molar refractivity (Wildman–Crippen MR) is 127 cm³/mol. The maximum absolute atomic E-state index is 12.9. The van der Waals surface area contributed by atoms with E-state index in [2.05, 4.69) is 5.32 Å². The summed E-state index contributed by atoms with van der Waals surface area (Å²) in [7, 11) is 1.54. The van der Waals surface area contributed by atoms with Crippen molar-refractivity contribution in [3.8, 4) is 5.75 Å². The number of Topliss-reactive ketones (excluding diaryl/α,β-unsaturated/α-hetero) is 2. The normalized spacial score (nSPS) is 11.4. The molecular weight excluding hydrogens is 418 g/mol. The van der Waals surface area contributed by atoms with E-state index in [0.717, 1.165) is 11.1 Å². The number of rotatable bonds is 10. The molecule has 0 bridgehead atoms. The van der Waals surface area contributed by atoms with Gasteiger partial charge in [0.05, 0.1) is 7.11 Å². The molecule has 6 nitrogen and oxygen atoms in total. The lowest BCUT2D eigenvalue weighted by molar-refractivity contribution is -0.143. The summed E-state index contributed by atoms with van der Waals surface area (Å²) in [4.78, 5) is 38.1. The molecule has 0 fully saturated rings. The summed E-state index contributed by atoms with van der Waals surface area (Å²) in [5, 5.41) is 3.10. The second-order valence-corrected chi connectivity index (χ2v) is 7.75. The van der Waals surface area contributed by atoms with Crippen molar-refractivity contribution >= 4 is 23.2 Å². The molecule has 0 aliphatic heterocycles. The molecule has 0 aliphatic rings. The molecule has 0 saturated carbocycles. The van der Waals surface area contributed by atoms with Crippen molar-refractivity contribution in [1.82, 2.24) is 0 Å². The van der Waals surface area contributed by atoms with Gasteiger partial charge >= 0.3 is 5.97 Å². The van der Waals surface area contributed by atoms with Crippen molar-refractivity contribution in [3.63, 3.8) is 0 Å². The van der Waals surface area contributed by atoms with E-state index in [1.165, 1.54) is 7.11 Å². The summed E-state index contributed by atoms with van der Waals surface area (Å²) in [5.41, 5.74) is 3.78. The van der Waals surface area contributed by atoms with Crippen LogP contribution in [0.4, 0.5) is 5.69 Å². The summed E-state index contributed by atoms with van der Waals surface area (Å²) < 4.78 is 10.4. The second kappa shape index (κ2) is 11.1. The molecule has 1 atom stereocenters. The topological polar surface area (TPSA) is 81.7 Å². The lowest BCUT2D eigenvalue weighted by atomic mass is 10.0. The third kappa shape index (κ3) is 6.53. The Morgan fingerprint density at radius 2 is 1.48 bits per heavy atom. The van der Waals surface area contributed by atoms with E-state index in [0.29, 0.717) is 22.6 Å². The second-order valence-electron chi connectivity index (χ2n) is 7.75. The SMILES string of the molecule is COc1ccc(C(=O)COC(=O)C(CC(=O)c2ccccc2)Nc2ccc(C)c(C)c2)cc1. The van der Waals surface area contributed by atoms with Crippen LogP contribution >= 0.6 is 0 Å². The Morgan fingerprint density at radius 3 is 2.12 bits per heavy atom. The third-order valence-electron chi connectivity index (χ3n) is 5.38. The zero-order chi connectivity index (χ0) is 23.8. The van der Waals surface area contributed by atoms with Gasteiger partial charge in [0.1, 0.15) is 11.8 Å². The molecule has 170 valence electrons. The largest absolute Gasteiger partial charge is 0.497 e. The van der Waals surface area contributed by atoms with E-state index in [1.54, 1.807) is 48.5 Å². The first-order valence-electron chi connectivity index (χ1n) is 10.6. The number of carbonyl (C=O) groups excluding carboxylic acids is 3. The molecule has 0 heterocycles. The van der Waals surface area contributed by atoms with Gasteiger partial charge in [-0.25, -0.2) is 4.79 Å². The molecule has 0 aromatic heterocycles. The molecule has 0 saturated heterocycles. The molecule has 3 rings (SSSR count). The summed E-state index contributed by atoms with van der Waals surface area (Å²) in [6.07, 6.45) is -0.105. The summed E-state index contributed by atoms with van der Waals surface area (Å²) in [6, 6.07) is 20.1. The highest BCUT2D eigenvalue weighted by Crippen LogP contribution is 2.18. The fraction of sp³-hybridized carbons (Fsp3) is 0.222. The fourth-order valence-corrected chi connectivity index (χ4v) is 3.25. The van der Waals surface area contributed by atoms with Crippen LogP contribution in [0.3, 0.4) is 0 Å². The van der Waals surface area contributed by atoms with Gasteiger partial charge < -0.3 is 14.8 Å². The molecule has 3 aromatic carbocycles. The van der Waals surface area contributed by atoms with Gasteiger partial charge in [-0.15, -0.1) is 0 Å². The van der Waals surface area contributed by atoms with Crippen molar-refractivity contribution in [1.29, 1.82) is 0 Å². The molecule has 0 amide bonds. The Hall–Kier alpha value is -3.93. The van der Waals surface area contributed by atoms with Gasteiger partial charge in [0.25, 0.3) is 0 Å². The summed E-state index contributed by atoms with van der Waals surface area (Å²) >= 11 is 0. The third-order valence-corrected chi connectivity index (χ3v) is 5.38. The monoisotopic (exact) mass is 445 g/mol. The van der Waals surface area contributed by atoms with Gasteiger partial charge in [-0.1, -0.05) is 36.4 Å². The Morgan fingerprint density at radius 1 is 0.818 bits per heavy atom. The average Bonchev–Trinajstić information content (AvgIpc) is 2.84. The highest BCUT2D eigenvalue weighted by molar-refractivity contribution is 6.01. The van der Waals surface area contributed by atoms with Gasteiger partial charge in [-0.2, -0.15) is 0 Å². The maximum atomic E-state index is 12.9. The predicted octanol–water partition coefficient (Wildman–Crippen LogP) is 4.79. The number of aryl methyl sites for hydroxylation is 2. The number of hydrogen-bond acceptors (Lipinski definition) is 6. The number of methoxy groups -OCH3 is 1. The van der Waals surface area contributed by atoms with Gasteiger partial charge in [-0.3, -0.25) is 9.59 Å². The molecule has 1 unspecified atom stereocenters. The standard InChI is InChI=1S/C27H27NO5/c1-18-9-12-22(15-19(18)2)28-24(16-25(29)20-7-5-4-6-8-20)27(31)33-17-26(30)21-10-13-23(32-3)14-11-21/h4-15,24,28H,16-17H2,1-3H3. The van der Waals surface area contributed by atoms with E-state index < -0.39 is 18.6 Å². The molecule has 0 radical (unpaired) electrons. The van der Waals surface area contributed by atoms with Crippen LogP contribution in [0.15, 0.2) is 72.8 Å². The minimum absolute atomic E-state index is 0.105. The number of benzene rings is 3. The smallest absolute Gasteiger partial charge is 0.329 e. The van der Waals surface area contributed by atoms with E-state index in [4.69, 9.17) is 9.47 Å².